The van der Waals surface area contributed by atoms with Crippen molar-refractivity contribution in [2.45, 2.75) is 0 Å². The molecule has 1 amide bonds. The minimum absolute atomic E-state index is 0.117. The van der Waals surface area contributed by atoms with Crippen molar-refractivity contribution in [2.24, 2.45) is 0 Å². The minimum Gasteiger partial charge on any atom is -0.379 e. The van der Waals surface area contributed by atoms with E-state index in [4.69, 9.17) is 9.47 Å². The number of ether oxygens (including phenoxy) is 2. The normalized spacial score (nSPS) is 19.6. The summed E-state index contributed by atoms with van der Waals surface area (Å²) in [7, 11) is 0. The Morgan fingerprint density at radius 2 is 1.78 bits per heavy atom. The molecule has 3 heterocycles. The summed E-state index contributed by atoms with van der Waals surface area (Å²) in [6.07, 6.45) is 0. The number of hydrogen-bond acceptors (Lipinski definition) is 6. The largest absolute Gasteiger partial charge is 0.379 e. The topological polar surface area (TPSA) is 66.9 Å². The van der Waals surface area contributed by atoms with Crippen LogP contribution in [-0.2, 0) is 9.47 Å². The number of morpholine rings is 2. The summed E-state index contributed by atoms with van der Waals surface area (Å²) in [5.74, 6) is 0.725. The summed E-state index contributed by atoms with van der Waals surface area (Å²) in [5, 5.41) is 2.95. The molecule has 1 aromatic heterocycles. The number of nitrogens with one attached hydrogen (secondary N) is 1. The number of carbonyl (C=O) groups is 1. The third-order valence-electron chi connectivity index (χ3n) is 4.12. The Hall–Kier alpha value is -1.70. The molecule has 1 aromatic rings. The van der Waals surface area contributed by atoms with Crippen LogP contribution in [0.3, 0.4) is 0 Å². The summed E-state index contributed by atoms with van der Waals surface area (Å²) in [6, 6.07) is 5.58. The number of rotatable bonds is 5. The number of carbonyl (C=O) groups excluding carboxylic acids is 1. The van der Waals surface area contributed by atoms with Gasteiger partial charge in [-0.05, 0) is 12.1 Å². The summed E-state index contributed by atoms with van der Waals surface area (Å²) in [4.78, 5) is 21.2. The molecule has 23 heavy (non-hydrogen) atoms. The maximum absolute atomic E-state index is 12.3. The van der Waals surface area contributed by atoms with Gasteiger partial charge < -0.3 is 19.7 Å². The third-order valence-corrected chi connectivity index (χ3v) is 4.12. The lowest BCUT2D eigenvalue weighted by Gasteiger charge is -2.28. The molecule has 126 valence electrons. The van der Waals surface area contributed by atoms with Gasteiger partial charge in [-0.2, -0.15) is 0 Å². The first-order chi connectivity index (χ1) is 11.3. The molecule has 0 saturated carbocycles. The SMILES string of the molecule is O=C(NCCN1CCOCC1)c1cccc(N2CCOCC2)n1. The molecule has 3 rings (SSSR count). The van der Waals surface area contributed by atoms with Gasteiger partial charge in [0.1, 0.15) is 11.5 Å². The number of hydrogen-bond donors (Lipinski definition) is 1. The summed E-state index contributed by atoms with van der Waals surface area (Å²) in [5.41, 5.74) is 0.468. The van der Waals surface area contributed by atoms with Crippen molar-refractivity contribution in [3.05, 3.63) is 23.9 Å². The molecule has 7 heteroatoms. The van der Waals surface area contributed by atoms with Gasteiger partial charge in [0, 0.05) is 39.3 Å². The number of amides is 1. The Labute approximate surface area is 136 Å². The van der Waals surface area contributed by atoms with Gasteiger partial charge in [-0.25, -0.2) is 4.98 Å². The van der Waals surface area contributed by atoms with Crippen LogP contribution in [0.4, 0.5) is 5.82 Å². The highest BCUT2D eigenvalue weighted by molar-refractivity contribution is 5.92. The summed E-state index contributed by atoms with van der Waals surface area (Å²) in [6.45, 7) is 7.93. The molecule has 1 N–H and O–H groups in total. The number of aromatic nitrogens is 1. The lowest BCUT2D eigenvalue weighted by atomic mass is 10.3. The van der Waals surface area contributed by atoms with Crippen molar-refractivity contribution in [1.82, 2.24) is 15.2 Å². The molecule has 0 aromatic carbocycles. The predicted octanol–water partition coefficient (Wildman–Crippen LogP) is -0.0198. The van der Waals surface area contributed by atoms with E-state index < -0.39 is 0 Å². The first-order valence-electron chi connectivity index (χ1n) is 8.21. The van der Waals surface area contributed by atoms with Crippen LogP contribution < -0.4 is 10.2 Å². The van der Waals surface area contributed by atoms with Crippen molar-refractivity contribution < 1.29 is 14.3 Å². The monoisotopic (exact) mass is 320 g/mol. The zero-order valence-corrected chi connectivity index (χ0v) is 13.4. The molecule has 0 spiro atoms. The Kier molecular flexibility index (Phi) is 5.79. The molecule has 2 saturated heterocycles. The van der Waals surface area contributed by atoms with E-state index in [2.05, 4.69) is 20.1 Å². The highest BCUT2D eigenvalue weighted by Crippen LogP contribution is 2.13. The number of pyridine rings is 1. The molecule has 2 aliphatic rings. The summed E-state index contributed by atoms with van der Waals surface area (Å²) < 4.78 is 10.7. The van der Waals surface area contributed by atoms with Gasteiger partial charge in [0.15, 0.2) is 0 Å². The smallest absolute Gasteiger partial charge is 0.270 e. The maximum atomic E-state index is 12.3. The van der Waals surface area contributed by atoms with E-state index in [-0.39, 0.29) is 5.91 Å². The third kappa shape index (κ3) is 4.63. The predicted molar refractivity (Wildman–Crippen MR) is 86.9 cm³/mol. The van der Waals surface area contributed by atoms with E-state index in [1.54, 1.807) is 6.07 Å². The van der Waals surface area contributed by atoms with Crippen LogP contribution in [0.15, 0.2) is 18.2 Å². The van der Waals surface area contributed by atoms with Crippen molar-refractivity contribution >= 4 is 11.7 Å². The Bertz CT molecular complexity index is 514. The van der Waals surface area contributed by atoms with Crippen LogP contribution in [0.2, 0.25) is 0 Å². The second kappa shape index (κ2) is 8.24. The molecule has 2 aliphatic heterocycles. The molecular formula is C16H24N4O3. The zero-order valence-electron chi connectivity index (χ0n) is 13.4. The molecule has 0 bridgehead atoms. The fourth-order valence-corrected chi connectivity index (χ4v) is 2.76. The molecule has 0 atom stereocenters. The molecule has 0 radical (unpaired) electrons. The van der Waals surface area contributed by atoms with E-state index in [0.717, 1.165) is 51.8 Å². The number of nitrogens with zero attached hydrogens (tertiary/aromatic N) is 3. The van der Waals surface area contributed by atoms with Gasteiger partial charge in [0.2, 0.25) is 0 Å². The second-order valence-electron chi connectivity index (χ2n) is 5.69. The fourth-order valence-electron chi connectivity index (χ4n) is 2.76. The lowest BCUT2D eigenvalue weighted by Crippen LogP contribution is -2.41. The lowest BCUT2D eigenvalue weighted by molar-refractivity contribution is 0.0383. The minimum atomic E-state index is -0.117. The summed E-state index contributed by atoms with van der Waals surface area (Å²) >= 11 is 0. The standard InChI is InChI=1S/C16H24N4O3/c21-16(17-4-5-19-6-10-22-11-7-19)14-2-1-3-15(18-14)20-8-12-23-13-9-20/h1-3H,4-13H2,(H,17,21). The second-order valence-corrected chi connectivity index (χ2v) is 5.69. The molecule has 2 fully saturated rings. The highest BCUT2D eigenvalue weighted by atomic mass is 16.5. The zero-order chi connectivity index (χ0) is 15.9. The van der Waals surface area contributed by atoms with Crippen molar-refractivity contribution in [3.8, 4) is 0 Å². The molecule has 7 nitrogen and oxygen atoms in total. The van der Waals surface area contributed by atoms with Gasteiger partial charge in [-0.1, -0.05) is 6.07 Å². The Morgan fingerprint density at radius 1 is 1.09 bits per heavy atom. The van der Waals surface area contributed by atoms with E-state index in [9.17, 15) is 4.79 Å². The van der Waals surface area contributed by atoms with Crippen LogP contribution in [0.1, 0.15) is 10.5 Å². The quantitative estimate of drug-likeness (QED) is 0.822. The van der Waals surface area contributed by atoms with Crippen LogP contribution in [0.25, 0.3) is 0 Å². The average Bonchev–Trinajstić information content (AvgIpc) is 2.63. The highest BCUT2D eigenvalue weighted by Gasteiger charge is 2.15. The Morgan fingerprint density at radius 3 is 2.52 bits per heavy atom. The first kappa shape index (κ1) is 16.2. The van der Waals surface area contributed by atoms with Crippen molar-refractivity contribution in [2.75, 3.05) is 70.6 Å². The van der Waals surface area contributed by atoms with Crippen LogP contribution in [0, 0.1) is 0 Å². The molecule has 0 unspecified atom stereocenters. The van der Waals surface area contributed by atoms with Crippen LogP contribution in [-0.4, -0.2) is 81.5 Å². The van der Waals surface area contributed by atoms with Crippen molar-refractivity contribution in [1.29, 1.82) is 0 Å². The average molecular weight is 320 g/mol. The van der Waals surface area contributed by atoms with Crippen molar-refractivity contribution in [3.63, 3.8) is 0 Å². The van der Waals surface area contributed by atoms with Gasteiger partial charge in [0.25, 0.3) is 5.91 Å². The molecule has 0 aliphatic carbocycles. The van der Waals surface area contributed by atoms with Crippen LogP contribution >= 0.6 is 0 Å². The van der Waals surface area contributed by atoms with E-state index in [0.29, 0.717) is 25.5 Å². The van der Waals surface area contributed by atoms with Gasteiger partial charge in [-0.15, -0.1) is 0 Å². The van der Waals surface area contributed by atoms with E-state index >= 15 is 0 Å². The maximum Gasteiger partial charge on any atom is 0.270 e. The first-order valence-corrected chi connectivity index (χ1v) is 8.21. The van der Waals surface area contributed by atoms with E-state index in [1.807, 2.05) is 12.1 Å². The van der Waals surface area contributed by atoms with Crippen LogP contribution in [0.5, 0.6) is 0 Å². The Balaban J connectivity index is 1.50. The molecular weight excluding hydrogens is 296 g/mol. The van der Waals surface area contributed by atoms with E-state index in [1.165, 1.54) is 0 Å². The number of anilines is 1. The van der Waals surface area contributed by atoms with Gasteiger partial charge in [-0.3, -0.25) is 9.69 Å². The van der Waals surface area contributed by atoms with Gasteiger partial charge >= 0.3 is 0 Å². The van der Waals surface area contributed by atoms with Gasteiger partial charge in [0.05, 0.1) is 26.4 Å². The fraction of sp³-hybridized carbons (Fsp3) is 0.625.